The summed E-state index contributed by atoms with van der Waals surface area (Å²) in [6.07, 6.45) is 1.12. The minimum Gasteiger partial charge on any atom is -0.507 e. The fourth-order valence-corrected chi connectivity index (χ4v) is 2.11. The van der Waals surface area contributed by atoms with Crippen molar-refractivity contribution in [1.29, 1.82) is 0 Å². The van der Waals surface area contributed by atoms with Crippen LogP contribution in [0, 0.1) is 0 Å². The third-order valence-corrected chi connectivity index (χ3v) is 3.15. The summed E-state index contributed by atoms with van der Waals surface area (Å²) in [6.45, 7) is 8.47. The average Bonchev–Trinajstić information content (AvgIpc) is 2.35. The van der Waals surface area contributed by atoms with Crippen molar-refractivity contribution in [1.82, 2.24) is 4.90 Å². The third-order valence-electron chi connectivity index (χ3n) is 3.15. The van der Waals surface area contributed by atoms with Crippen LogP contribution in [0.15, 0.2) is 18.2 Å². The lowest BCUT2D eigenvalue weighted by Crippen LogP contribution is -2.27. The summed E-state index contributed by atoms with van der Waals surface area (Å²) in [7, 11) is 1.60. The Hall–Kier alpha value is -1.22. The van der Waals surface area contributed by atoms with Crippen molar-refractivity contribution in [3.8, 4) is 11.5 Å². The minimum absolute atomic E-state index is 0.228. The Balaban J connectivity index is 2.90. The van der Waals surface area contributed by atoms with E-state index in [4.69, 9.17) is 4.74 Å². The van der Waals surface area contributed by atoms with Crippen LogP contribution in [0.25, 0.3) is 0 Å². The lowest BCUT2D eigenvalue weighted by Gasteiger charge is -2.28. The highest BCUT2D eigenvalue weighted by molar-refractivity contribution is 5.41. The first-order chi connectivity index (χ1) is 8.13. The zero-order valence-corrected chi connectivity index (χ0v) is 11.2. The predicted molar refractivity (Wildman–Crippen MR) is 70.6 cm³/mol. The van der Waals surface area contributed by atoms with Gasteiger partial charge in [0, 0.05) is 17.7 Å². The molecule has 1 rings (SSSR count). The molecule has 1 N–H and O–H groups in total. The van der Waals surface area contributed by atoms with E-state index >= 15 is 0 Å². The van der Waals surface area contributed by atoms with Gasteiger partial charge in [-0.1, -0.05) is 19.9 Å². The second-order valence-electron chi connectivity index (χ2n) is 4.23. The maximum Gasteiger partial charge on any atom is 0.124 e. The Bertz CT molecular complexity index is 352. The van der Waals surface area contributed by atoms with Crippen LogP contribution < -0.4 is 4.74 Å². The van der Waals surface area contributed by atoms with Crippen LogP contribution in [0.1, 0.15) is 38.8 Å². The average molecular weight is 237 g/mol. The van der Waals surface area contributed by atoms with Crippen molar-refractivity contribution < 1.29 is 9.84 Å². The molecule has 0 aliphatic rings. The number of ether oxygens (including phenoxy) is 1. The molecule has 96 valence electrons. The number of nitrogens with zero attached hydrogens (tertiary/aromatic N) is 1. The molecule has 0 aliphatic carbocycles. The topological polar surface area (TPSA) is 32.7 Å². The molecule has 1 atom stereocenters. The Labute approximate surface area is 104 Å². The molecule has 0 fully saturated rings. The third kappa shape index (κ3) is 3.37. The molecule has 3 nitrogen and oxygen atoms in total. The largest absolute Gasteiger partial charge is 0.507 e. The lowest BCUT2D eigenvalue weighted by molar-refractivity contribution is 0.218. The van der Waals surface area contributed by atoms with Crippen LogP contribution in [0.2, 0.25) is 0 Å². The van der Waals surface area contributed by atoms with Crippen LogP contribution >= 0.6 is 0 Å². The van der Waals surface area contributed by atoms with E-state index < -0.39 is 0 Å². The van der Waals surface area contributed by atoms with Crippen LogP contribution in [-0.2, 0) is 0 Å². The molecule has 17 heavy (non-hydrogen) atoms. The van der Waals surface area contributed by atoms with Crippen molar-refractivity contribution in [3.63, 3.8) is 0 Å². The molecule has 1 aromatic carbocycles. The van der Waals surface area contributed by atoms with E-state index in [0.29, 0.717) is 11.5 Å². The minimum atomic E-state index is 0.228. The Morgan fingerprint density at radius 2 is 2.06 bits per heavy atom. The standard InChI is InChI=1S/C14H23NO2/c1-5-9-15(6-2)11(3)13-8-7-12(17-4)10-14(13)16/h7-8,10-11,16H,5-6,9H2,1-4H3. The van der Waals surface area contributed by atoms with Gasteiger partial charge in [-0.15, -0.1) is 0 Å². The normalized spacial score (nSPS) is 12.8. The fourth-order valence-electron chi connectivity index (χ4n) is 2.11. The van der Waals surface area contributed by atoms with Crippen molar-refractivity contribution in [3.05, 3.63) is 23.8 Å². The summed E-state index contributed by atoms with van der Waals surface area (Å²) in [5.41, 5.74) is 0.959. The molecule has 0 spiro atoms. The van der Waals surface area contributed by atoms with Crippen molar-refractivity contribution >= 4 is 0 Å². The number of rotatable bonds is 6. The number of aromatic hydroxyl groups is 1. The van der Waals surface area contributed by atoms with Crippen molar-refractivity contribution in [2.45, 2.75) is 33.2 Å². The van der Waals surface area contributed by atoms with Crippen LogP contribution in [0.5, 0.6) is 11.5 Å². The highest BCUT2D eigenvalue weighted by Gasteiger charge is 2.16. The SMILES string of the molecule is CCCN(CC)C(C)c1ccc(OC)cc1O. The van der Waals surface area contributed by atoms with Gasteiger partial charge in [0.15, 0.2) is 0 Å². The van der Waals surface area contributed by atoms with Gasteiger partial charge >= 0.3 is 0 Å². The molecule has 1 aromatic rings. The molecule has 0 aromatic heterocycles. The second kappa shape index (κ2) is 6.50. The van der Waals surface area contributed by atoms with Gasteiger partial charge in [-0.3, -0.25) is 4.90 Å². The molecular formula is C14H23NO2. The summed E-state index contributed by atoms with van der Waals surface area (Å²) in [4.78, 5) is 2.35. The van der Waals surface area contributed by atoms with Crippen LogP contribution in [0.4, 0.5) is 0 Å². The van der Waals surface area contributed by atoms with E-state index in [-0.39, 0.29) is 6.04 Å². The first-order valence-corrected chi connectivity index (χ1v) is 6.24. The molecule has 0 heterocycles. The number of methoxy groups -OCH3 is 1. The molecule has 0 aliphatic heterocycles. The van der Waals surface area contributed by atoms with Crippen LogP contribution in [0.3, 0.4) is 0 Å². The highest BCUT2D eigenvalue weighted by Crippen LogP contribution is 2.31. The van der Waals surface area contributed by atoms with Crippen molar-refractivity contribution in [2.75, 3.05) is 20.2 Å². The number of hydrogen-bond donors (Lipinski definition) is 1. The summed E-state index contributed by atoms with van der Waals surface area (Å²) in [5, 5.41) is 10.00. The number of phenols is 1. The summed E-state index contributed by atoms with van der Waals surface area (Å²) < 4.78 is 5.09. The molecule has 3 heteroatoms. The van der Waals surface area contributed by atoms with Gasteiger partial charge in [0.05, 0.1) is 7.11 Å². The molecule has 0 saturated heterocycles. The van der Waals surface area contributed by atoms with Crippen molar-refractivity contribution in [2.24, 2.45) is 0 Å². The number of benzene rings is 1. The first-order valence-electron chi connectivity index (χ1n) is 6.24. The monoisotopic (exact) mass is 237 g/mol. The van der Waals surface area contributed by atoms with E-state index in [2.05, 4.69) is 25.7 Å². The smallest absolute Gasteiger partial charge is 0.124 e. The van der Waals surface area contributed by atoms with Gasteiger partial charge in [-0.2, -0.15) is 0 Å². The van der Waals surface area contributed by atoms with Gasteiger partial charge in [0.2, 0.25) is 0 Å². The summed E-state index contributed by atoms with van der Waals surface area (Å²) in [6, 6.07) is 5.74. The molecule has 1 unspecified atom stereocenters. The van der Waals surface area contributed by atoms with Gasteiger partial charge < -0.3 is 9.84 Å². The Morgan fingerprint density at radius 3 is 2.53 bits per heavy atom. The zero-order valence-electron chi connectivity index (χ0n) is 11.2. The van der Waals surface area contributed by atoms with Gasteiger partial charge in [-0.05, 0) is 32.5 Å². The van der Waals surface area contributed by atoms with E-state index in [0.717, 1.165) is 25.1 Å². The summed E-state index contributed by atoms with van der Waals surface area (Å²) >= 11 is 0. The maximum atomic E-state index is 10.00. The fraction of sp³-hybridized carbons (Fsp3) is 0.571. The van der Waals surface area contributed by atoms with Gasteiger partial charge in [-0.25, -0.2) is 0 Å². The number of phenolic OH excluding ortho intramolecular Hbond substituents is 1. The Morgan fingerprint density at radius 1 is 1.35 bits per heavy atom. The maximum absolute atomic E-state index is 10.00. The molecule has 0 amide bonds. The Kier molecular flexibility index (Phi) is 5.29. The summed E-state index contributed by atoms with van der Waals surface area (Å²) in [5.74, 6) is 1.00. The second-order valence-corrected chi connectivity index (χ2v) is 4.23. The van der Waals surface area contributed by atoms with Gasteiger partial charge in [0.1, 0.15) is 11.5 Å². The van der Waals surface area contributed by atoms with Gasteiger partial charge in [0.25, 0.3) is 0 Å². The number of hydrogen-bond acceptors (Lipinski definition) is 3. The molecule has 0 radical (unpaired) electrons. The van der Waals surface area contributed by atoms with E-state index in [1.807, 2.05) is 12.1 Å². The quantitative estimate of drug-likeness (QED) is 0.824. The molecular weight excluding hydrogens is 214 g/mol. The lowest BCUT2D eigenvalue weighted by atomic mass is 10.1. The molecule has 0 bridgehead atoms. The first kappa shape index (κ1) is 13.8. The zero-order chi connectivity index (χ0) is 12.8. The molecule has 0 saturated carbocycles. The highest BCUT2D eigenvalue weighted by atomic mass is 16.5. The predicted octanol–water partition coefficient (Wildman–Crippen LogP) is 3.19. The van der Waals surface area contributed by atoms with E-state index in [1.165, 1.54) is 0 Å². The van der Waals surface area contributed by atoms with E-state index in [1.54, 1.807) is 13.2 Å². The van der Waals surface area contributed by atoms with E-state index in [9.17, 15) is 5.11 Å². The van der Waals surface area contributed by atoms with Crippen LogP contribution in [-0.4, -0.2) is 30.2 Å².